The van der Waals surface area contributed by atoms with Crippen molar-refractivity contribution >= 4 is 0 Å². The van der Waals surface area contributed by atoms with Crippen LogP contribution < -0.4 is 0 Å². The van der Waals surface area contributed by atoms with Crippen molar-refractivity contribution in [2.24, 2.45) is 0 Å². The molecule has 2 atom stereocenters. The lowest BCUT2D eigenvalue weighted by molar-refractivity contribution is -0.871. The molecule has 0 N–H and O–H groups in total. The van der Waals surface area contributed by atoms with Crippen LogP contribution in [0.4, 0.5) is 0 Å². The van der Waals surface area contributed by atoms with E-state index in [4.69, 9.17) is 9.47 Å². The van der Waals surface area contributed by atoms with Gasteiger partial charge in [0.05, 0.1) is 33.9 Å². The number of hydrogen-bond donors (Lipinski definition) is 0. The summed E-state index contributed by atoms with van der Waals surface area (Å²) in [5.41, 5.74) is 0. The fourth-order valence-electron chi connectivity index (χ4n) is 3.50. The third kappa shape index (κ3) is 13.7. The van der Waals surface area contributed by atoms with Crippen LogP contribution in [0.25, 0.3) is 0 Å². The van der Waals surface area contributed by atoms with Gasteiger partial charge in [-0.25, -0.2) is 0 Å². The maximum Gasteiger partial charge on any atom is 0.158 e. The molecule has 0 aromatic carbocycles. The van der Waals surface area contributed by atoms with E-state index in [0.29, 0.717) is 6.10 Å². The number of unbranched alkanes of at least 4 members (excludes halogenated alkanes) is 10. The molecule has 2 unspecified atom stereocenters. The van der Waals surface area contributed by atoms with Gasteiger partial charge in [0, 0.05) is 6.42 Å². The van der Waals surface area contributed by atoms with Gasteiger partial charge in [-0.05, 0) is 12.8 Å². The van der Waals surface area contributed by atoms with Crippen molar-refractivity contribution < 1.29 is 14.0 Å². The SMILES string of the molecule is CCCCCCCCCCCCCC1CCC(OCC[N+](C)(C)C)O1. The van der Waals surface area contributed by atoms with Crippen LogP contribution in [0.1, 0.15) is 96.8 Å². The summed E-state index contributed by atoms with van der Waals surface area (Å²) in [4.78, 5) is 0. The smallest absolute Gasteiger partial charge is 0.158 e. The molecule has 1 aliphatic rings. The van der Waals surface area contributed by atoms with Gasteiger partial charge in [0.15, 0.2) is 6.29 Å². The second-order valence-electron chi connectivity index (χ2n) is 8.97. The molecule has 0 aromatic rings. The number of quaternary nitrogens is 1. The van der Waals surface area contributed by atoms with E-state index >= 15 is 0 Å². The molecule has 0 amide bonds. The van der Waals surface area contributed by atoms with Crippen molar-refractivity contribution in [1.82, 2.24) is 0 Å². The molecule has 0 saturated carbocycles. The van der Waals surface area contributed by atoms with Gasteiger partial charge in [-0.15, -0.1) is 0 Å². The molecular formula is C22H46NO2+. The van der Waals surface area contributed by atoms with Crippen molar-refractivity contribution in [3.63, 3.8) is 0 Å². The third-order valence-electron chi connectivity index (χ3n) is 5.26. The number of likely N-dealkylation sites (N-methyl/N-ethyl adjacent to an activating group) is 1. The summed E-state index contributed by atoms with van der Waals surface area (Å²) in [6.45, 7) is 4.14. The number of rotatable bonds is 16. The molecule has 3 nitrogen and oxygen atoms in total. The Kier molecular flexibility index (Phi) is 12.8. The molecule has 25 heavy (non-hydrogen) atoms. The zero-order valence-electron chi connectivity index (χ0n) is 17.7. The molecule has 1 rings (SSSR count). The monoisotopic (exact) mass is 356 g/mol. The minimum atomic E-state index is 0.0595. The lowest BCUT2D eigenvalue weighted by Gasteiger charge is -2.24. The maximum absolute atomic E-state index is 6.04. The Morgan fingerprint density at radius 1 is 0.800 bits per heavy atom. The molecule has 1 fully saturated rings. The van der Waals surface area contributed by atoms with Crippen LogP contribution in [0.15, 0.2) is 0 Å². The van der Waals surface area contributed by atoms with Gasteiger partial charge < -0.3 is 14.0 Å². The standard InChI is InChI=1S/C22H46NO2/c1-5-6-7-8-9-10-11-12-13-14-15-16-21-17-18-22(25-21)24-20-19-23(2,3)4/h21-22H,5-20H2,1-4H3/q+1. The number of ether oxygens (including phenoxy) is 2. The van der Waals surface area contributed by atoms with Crippen molar-refractivity contribution in [3.8, 4) is 0 Å². The van der Waals surface area contributed by atoms with Crippen LogP contribution in [0.3, 0.4) is 0 Å². The summed E-state index contributed by atoms with van der Waals surface area (Å²) in [7, 11) is 6.61. The highest BCUT2D eigenvalue weighted by Gasteiger charge is 2.25. The zero-order valence-corrected chi connectivity index (χ0v) is 17.7. The van der Waals surface area contributed by atoms with Gasteiger partial charge >= 0.3 is 0 Å². The Hall–Kier alpha value is -0.120. The summed E-state index contributed by atoms with van der Waals surface area (Å²) >= 11 is 0. The summed E-state index contributed by atoms with van der Waals surface area (Å²) in [5, 5.41) is 0. The van der Waals surface area contributed by atoms with Crippen LogP contribution in [-0.2, 0) is 9.47 Å². The molecule has 3 heteroatoms. The molecule has 0 radical (unpaired) electrons. The minimum Gasteiger partial charge on any atom is -0.349 e. The summed E-state index contributed by atoms with van der Waals surface area (Å²) < 4.78 is 12.9. The second-order valence-corrected chi connectivity index (χ2v) is 8.97. The van der Waals surface area contributed by atoms with Crippen LogP contribution in [0.5, 0.6) is 0 Å². The van der Waals surface area contributed by atoms with E-state index in [1.807, 2.05) is 0 Å². The highest BCUT2D eigenvalue weighted by atomic mass is 16.7. The van der Waals surface area contributed by atoms with Crippen molar-refractivity contribution in [2.45, 2.75) is 109 Å². The molecule has 1 aliphatic heterocycles. The van der Waals surface area contributed by atoms with Crippen LogP contribution in [0.2, 0.25) is 0 Å². The van der Waals surface area contributed by atoms with E-state index in [-0.39, 0.29) is 6.29 Å². The first-order valence-electron chi connectivity index (χ1n) is 11.1. The molecule has 150 valence electrons. The third-order valence-corrected chi connectivity index (χ3v) is 5.26. The van der Waals surface area contributed by atoms with Gasteiger partial charge in [-0.1, -0.05) is 77.6 Å². The van der Waals surface area contributed by atoms with Gasteiger partial charge in [-0.3, -0.25) is 0 Å². The Morgan fingerprint density at radius 3 is 1.92 bits per heavy atom. The van der Waals surface area contributed by atoms with Gasteiger partial charge in [0.1, 0.15) is 6.54 Å². The quantitative estimate of drug-likeness (QED) is 0.253. The van der Waals surface area contributed by atoms with E-state index in [9.17, 15) is 0 Å². The van der Waals surface area contributed by atoms with Crippen molar-refractivity contribution in [3.05, 3.63) is 0 Å². The predicted octanol–water partition coefficient (Wildman–Crippen LogP) is 5.92. The van der Waals surface area contributed by atoms with Crippen molar-refractivity contribution in [1.29, 1.82) is 0 Å². The fourth-order valence-corrected chi connectivity index (χ4v) is 3.50. The fraction of sp³-hybridized carbons (Fsp3) is 1.00. The lowest BCUT2D eigenvalue weighted by Crippen LogP contribution is -2.38. The van der Waals surface area contributed by atoms with Crippen LogP contribution >= 0.6 is 0 Å². The van der Waals surface area contributed by atoms with Gasteiger partial charge in [-0.2, -0.15) is 0 Å². The van der Waals surface area contributed by atoms with E-state index in [1.54, 1.807) is 0 Å². The lowest BCUT2D eigenvalue weighted by atomic mass is 10.0. The predicted molar refractivity (Wildman–Crippen MR) is 108 cm³/mol. The summed E-state index contributed by atoms with van der Waals surface area (Å²) in [5.74, 6) is 0. The molecule has 0 aliphatic carbocycles. The highest BCUT2D eigenvalue weighted by molar-refractivity contribution is 4.68. The largest absolute Gasteiger partial charge is 0.349 e. The van der Waals surface area contributed by atoms with Gasteiger partial charge in [0.25, 0.3) is 0 Å². The Labute approximate surface area is 158 Å². The molecule has 1 heterocycles. The molecule has 0 bridgehead atoms. The Balaban J connectivity index is 1.85. The first-order chi connectivity index (χ1) is 12.0. The average molecular weight is 357 g/mol. The van der Waals surface area contributed by atoms with Crippen LogP contribution in [-0.4, -0.2) is 51.2 Å². The molecule has 0 aromatic heterocycles. The first kappa shape index (κ1) is 22.9. The zero-order chi connectivity index (χ0) is 18.4. The van der Waals surface area contributed by atoms with E-state index in [1.165, 1.54) is 83.5 Å². The maximum atomic E-state index is 6.04. The normalized spacial score (nSPS) is 21.1. The average Bonchev–Trinajstić information content (AvgIpc) is 2.99. The van der Waals surface area contributed by atoms with E-state index < -0.39 is 0 Å². The van der Waals surface area contributed by atoms with Crippen molar-refractivity contribution in [2.75, 3.05) is 34.3 Å². The van der Waals surface area contributed by atoms with E-state index in [2.05, 4.69) is 28.1 Å². The minimum absolute atomic E-state index is 0.0595. The first-order valence-corrected chi connectivity index (χ1v) is 11.1. The Morgan fingerprint density at radius 2 is 1.36 bits per heavy atom. The highest BCUT2D eigenvalue weighted by Crippen LogP contribution is 2.25. The van der Waals surface area contributed by atoms with Gasteiger partial charge in [0.2, 0.25) is 0 Å². The second kappa shape index (κ2) is 14.0. The molecular weight excluding hydrogens is 310 g/mol. The molecule has 1 saturated heterocycles. The Bertz CT molecular complexity index is 301. The van der Waals surface area contributed by atoms with E-state index in [0.717, 1.165) is 24.1 Å². The summed E-state index contributed by atoms with van der Waals surface area (Å²) in [6.07, 6.45) is 19.6. The molecule has 0 spiro atoms. The van der Waals surface area contributed by atoms with Crippen LogP contribution in [0, 0.1) is 0 Å². The summed E-state index contributed by atoms with van der Waals surface area (Å²) in [6, 6.07) is 0. The number of nitrogens with zero attached hydrogens (tertiary/aromatic N) is 1. The topological polar surface area (TPSA) is 18.5 Å². The number of hydrogen-bond acceptors (Lipinski definition) is 2.